The Kier molecular flexibility index (Phi) is 6.93. The monoisotopic (exact) mass is 498 g/mol. The largest absolute Gasteiger partial charge is 0.459 e. The Balaban J connectivity index is 1.95. The highest BCUT2D eigenvalue weighted by atomic mass is 35.5. The smallest absolute Gasteiger partial charge is 0.338 e. The molecular weight excluding hydrogens is 476 g/mol. The van der Waals surface area contributed by atoms with Crippen LogP contribution in [0.2, 0.25) is 5.02 Å². The Hall–Kier alpha value is -2.61. The van der Waals surface area contributed by atoms with Gasteiger partial charge in [-0.3, -0.25) is 9.36 Å². The first-order valence-electron chi connectivity index (χ1n) is 10.4. The molecule has 0 radical (unpaired) electrons. The number of fused-ring (bicyclic) bond motifs is 1. The first-order valence-corrected chi connectivity index (χ1v) is 12.8. The number of ether oxygens (including phenoxy) is 1. The number of thioether (sulfide) groups is 1. The Bertz CT molecular complexity index is 1420. The highest BCUT2D eigenvalue weighted by molar-refractivity contribution is 7.98. The van der Waals surface area contributed by atoms with Crippen LogP contribution in [0.1, 0.15) is 37.9 Å². The fourth-order valence-electron chi connectivity index (χ4n) is 3.70. The van der Waals surface area contributed by atoms with Gasteiger partial charge < -0.3 is 4.74 Å². The van der Waals surface area contributed by atoms with Crippen LogP contribution in [0.25, 0.3) is 6.08 Å². The fraction of sp³-hybridized carbons (Fsp3) is 0.240. The molecule has 2 heterocycles. The topological polar surface area (TPSA) is 60.7 Å². The van der Waals surface area contributed by atoms with Gasteiger partial charge in [0.1, 0.15) is 0 Å². The number of benzene rings is 2. The van der Waals surface area contributed by atoms with Crippen molar-refractivity contribution in [3.05, 3.63) is 95.6 Å². The third-order valence-corrected chi connectivity index (χ3v) is 7.28. The number of hydrogen-bond donors (Lipinski definition) is 0. The fourth-order valence-corrected chi connectivity index (χ4v) is 5.33. The van der Waals surface area contributed by atoms with Crippen LogP contribution in [0.3, 0.4) is 0 Å². The molecule has 3 aromatic rings. The molecule has 33 heavy (non-hydrogen) atoms. The van der Waals surface area contributed by atoms with Gasteiger partial charge in [0.15, 0.2) is 4.80 Å². The van der Waals surface area contributed by atoms with Crippen LogP contribution >= 0.6 is 34.7 Å². The van der Waals surface area contributed by atoms with Gasteiger partial charge >= 0.3 is 5.97 Å². The van der Waals surface area contributed by atoms with Crippen LogP contribution in [-0.4, -0.2) is 22.9 Å². The molecule has 0 fully saturated rings. The molecule has 1 aromatic heterocycles. The minimum atomic E-state index is -0.628. The van der Waals surface area contributed by atoms with E-state index in [2.05, 4.69) is 4.99 Å². The Morgan fingerprint density at radius 3 is 2.55 bits per heavy atom. The predicted octanol–water partition coefficient (Wildman–Crippen LogP) is 4.56. The molecule has 0 aliphatic carbocycles. The van der Waals surface area contributed by atoms with Gasteiger partial charge in [-0.1, -0.05) is 53.3 Å². The lowest BCUT2D eigenvalue weighted by Gasteiger charge is -2.25. The van der Waals surface area contributed by atoms with Crippen LogP contribution in [0.15, 0.2) is 74.5 Å². The predicted molar refractivity (Wildman–Crippen MR) is 135 cm³/mol. The summed E-state index contributed by atoms with van der Waals surface area (Å²) in [6, 6.07) is 14.6. The van der Waals surface area contributed by atoms with Gasteiger partial charge in [-0.15, -0.1) is 11.8 Å². The minimum absolute atomic E-state index is 0.222. The summed E-state index contributed by atoms with van der Waals surface area (Å²) in [4.78, 5) is 32.9. The van der Waals surface area contributed by atoms with Crippen LogP contribution in [0.5, 0.6) is 0 Å². The average molecular weight is 499 g/mol. The summed E-state index contributed by atoms with van der Waals surface area (Å²) in [6.45, 7) is 5.38. The molecule has 0 unspecified atom stereocenters. The van der Waals surface area contributed by atoms with Gasteiger partial charge in [0.25, 0.3) is 5.56 Å². The second kappa shape index (κ2) is 9.71. The zero-order valence-electron chi connectivity index (χ0n) is 18.7. The molecule has 8 heteroatoms. The van der Waals surface area contributed by atoms with E-state index in [9.17, 15) is 9.59 Å². The van der Waals surface area contributed by atoms with E-state index in [4.69, 9.17) is 16.3 Å². The van der Waals surface area contributed by atoms with E-state index in [-0.39, 0.29) is 11.7 Å². The highest BCUT2D eigenvalue weighted by Gasteiger charge is 2.33. The molecule has 0 saturated carbocycles. The Morgan fingerprint density at radius 1 is 1.21 bits per heavy atom. The molecule has 0 saturated heterocycles. The van der Waals surface area contributed by atoms with Crippen molar-refractivity contribution < 1.29 is 9.53 Å². The summed E-state index contributed by atoms with van der Waals surface area (Å²) in [5.41, 5.74) is 2.27. The summed E-state index contributed by atoms with van der Waals surface area (Å²) in [7, 11) is 0. The zero-order chi connectivity index (χ0) is 23.7. The molecule has 0 amide bonds. The molecule has 170 valence electrons. The SMILES string of the molecule is CSc1ccc([C@H]2C(C(=O)OC(C)C)=C(C)N=c3s/c(=C/c4ccccc4Cl)c(=O)n32)cc1. The number of hydrogen-bond acceptors (Lipinski definition) is 6. The number of aromatic nitrogens is 1. The second-order valence-electron chi connectivity index (χ2n) is 7.83. The van der Waals surface area contributed by atoms with E-state index < -0.39 is 12.0 Å². The molecule has 4 rings (SSSR count). The van der Waals surface area contributed by atoms with Crippen LogP contribution < -0.4 is 14.9 Å². The summed E-state index contributed by atoms with van der Waals surface area (Å²) >= 11 is 9.22. The van der Waals surface area contributed by atoms with Crippen molar-refractivity contribution >= 4 is 46.7 Å². The summed E-state index contributed by atoms with van der Waals surface area (Å²) in [5.74, 6) is -0.467. The van der Waals surface area contributed by atoms with Crippen molar-refractivity contribution in [1.82, 2.24) is 4.57 Å². The second-order valence-corrected chi connectivity index (χ2v) is 10.1. The number of nitrogens with zero attached hydrogens (tertiary/aromatic N) is 2. The zero-order valence-corrected chi connectivity index (χ0v) is 21.1. The third-order valence-electron chi connectivity index (χ3n) is 5.21. The quantitative estimate of drug-likeness (QED) is 0.382. The Labute approximate surface area is 205 Å². The minimum Gasteiger partial charge on any atom is -0.459 e. The molecule has 2 aromatic carbocycles. The van der Waals surface area contributed by atoms with Crippen LogP contribution in [0, 0.1) is 0 Å². The van der Waals surface area contributed by atoms with Gasteiger partial charge in [0.05, 0.1) is 27.9 Å². The van der Waals surface area contributed by atoms with E-state index in [1.807, 2.05) is 48.7 Å². The molecule has 0 bridgehead atoms. The average Bonchev–Trinajstić information content (AvgIpc) is 3.08. The van der Waals surface area contributed by atoms with E-state index in [0.29, 0.717) is 25.6 Å². The lowest BCUT2D eigenvalue weighted by molar-refractivity contribution is -0.143. The van der Waals surface area contributed by atoms with E-state index in [0.717, 1.165) is 16.0 Å². The number of esters is 1. The normalized spacial score (nSPS) is 16.1. The van der Waals surface area contributed by atoms with Crippen LogP contribution in [-0.2, 0) is 9.53 Å². The Morgan fingerprint density at radius 2 is 1.91 bits per heavy atom. The van der Waals surface area contributed by atoms with E-state index >= 15 is 0 Å². The maximum atomic E-state index is 13.6. The number of thiazole rings is 1. The molecule has 5 nitrogen and oxygen atoms in total. The van der Waals surface area contributed by atoms with Gasteiger partial charge in [0.2, 0.25) is 0 Å². The molecule has 1 aliphatic heterocycles. The standard InChI is InChI=1S/C25H23ClN2O3S2/c1-14(2)31-24(30)21-15(3)27-25-28(22(21)16-9-11-18(32-4)12-10-16)23(29)20(33-25)13-17-7-5-6-8-19(17)26/h5-14,22H,1-4H3/b20-13+/t22-/m0/s1. The molecule has 0 spiro atoms. The number of carbonyl (C=O) groups is 1. The lowest BCUT2D eigenvalue weighted by Crippen LogP contribution is -2.40. The van der Waals surface area contributed by atoms with Crippen molar-refractivity contribution in [2.45, 2.75) is 37.8 Å². The van der Waals surface area contributed by atoms with Crippen molar-refractivity contribution in [1.29, 1.82) is 0 Å². The number of allylic oxidation sites excluding steroid dienone is 1. The van der Waals surface area contributed by atoms with Crippen molar-refractivity contribution in [2.24, 2.45) is 4.99 Å². The van der Waals surface area contributed by atoms with E-state index in [1.165, 1.54) is 11.3 Å². The first kappa shape index (κ1) is 23.5. The first-order chi connectivity index (χ1) is 15.8. The van der Waals surface area contributed by atoms with E-state index in [1.54, 1.807) is 49.2 Å². The maximum Gasteiger partial charge on any atom is 0.338 e. The molecule has 1 atom stereocenters. The van der Waals surface area contributed by atoms with Gasteiger partial charge in [-0.25, -0.2) is 9.79 Å². The number of carbonyl (C=O) groups excluding carboxylic acids is 1. The van der Waals surface area contributed by atoms with Gasteiger partial charge in [-0.2, -0.15) is 0 Å². The van der Waals surface area contributed by atoms with Gasteiger partial charge in [-0.05, 0) is 62.4 Å². The number of rotatable bonds is 5. The number of halogens is 1. The molecule has 0 N–H and O–H groups in total. The summed E-state index contributed by atoms with van der Waals surface area (Å²) < 4.78 is 7.62. The summed E-state index contributed by atoms with van der Waals surface area (Å²) in [5, 5.41) is 0.560. The van der Waals surface area contributed by atoms with Crippen molar-refractivity contribution in [2.75, 3.05) is 6.26 Å². The van der Waals surface area contributed by atoms with Crippen molar-refractivity contribution in [3.63, 3.8) is 0 Å². The maximum absolute atomic E-state index is 13.6. The van der Waals surface area contributed by atoms with Crippen molar-refractivity contribution in [3.8, 4) is 0 Å². The van der Waals surface area contributed by atoms with Gasteiger partial charge in [0, 0.05) is 9.92 Å². The highest BCUT2D eigenvalue weighted by Crippen LogP contribution is 2.32. The third kappa shape index (κ3) is 4.71. The molecular formula is C25H23ClN2O3S2. The van der Waals surface area contributed by atoms with Crippen LogP contribution in [0.4, 0.5) is 0 Å². The lowest BCUT2D eigenvalue weighted by atomic mass is 9.96. The molecule has 1 aliphatic rings. The summed E-state index contributed by atoms with van der Waals surface area (Å²) in [6.07, 6.45) is 3.48.